The minimum absolute atomic E-state index is 0.0644. The zero-order chi connectivity index (χ0) is 17.1. The van der Waals surface area contributed by atoms with Crippen molar-refractivity contribution in [2.24, 2.45) is 0 Å². The van der Waals surface area contributed by atoms with Gasteiger partial charge in [-0.3, -0.25) is 14.2 Å². The first kappa shape index (κ1) is 16.7. The van der Waals surface area contributed by atoms with Crippen LogP contribution in [0.15, 0.2) is 29.1 Å². The summed E-state index contributed by atoms with van der Waals surface area (Å²) in [6.07, 6.45) is 0.793. The summed E-state index contributed by atoms with van der Waals surface area (Å²) in [5.41, 5.74) is 1.29. The van der Waals surface area contributed by atoms with Crippen molar-refractivity contribution in [1.82, 2.24) is 9.88 Å². The van der Waals surface area contributed by atoms with Crippen molar-refractivity contribution in [1.29, 1.82) is 0 Å². The first-order chi connectivity index (χ1) is 10.9. The van der Waals surface area contributed by atoms with Crippen LogP contribution in [0.1, 0.15) is 42.1 Å². The number of nitrogens with one attached hydrogen (secondary N) is 1. The highest BCUT2D eigenvalue weighted by Crippen LogP contribution is 2.28. The molecule has 0 spiro atoms. The van der Waals surface area contributed by atoms with E-state index in [1.54, 1.807) is 12.1 Å². The minimum atomic E-state index is -1.01. The lowest BCUT2D eigenvalue weighted by atomic mass is 9.93. The highest BCUT2D eigenvalue weighted by Gasteiger charge is 2.17. The third-order valence-corrected chi connectivity index (χ3v) is 4.08. The van der Waals surface area contributed by atoms with E-state index in [2.05, 4.69) is 5.32 Å². The standard InChI is InChI=1S/C17H20N2O4/c1-4-10(2)13-8-12(17(22)23)7-11-5-6-15(21)19(16(11)13)9-14(20)18-3/h5-8,10H,4,9H2,1-3H3,(H,18,20)(H,22,23). The fourth-order valence-electron chi connectivity index (χ4n) is 2.58. The smallest absolute Gasteiger partial charge is 0.335 e. The van der Waals surface area contributed by atoms with Gasteiger partial charge >= 0.3 is 5.97 Å². The quantitative estimate of drug-likeness (QED) is 0.882. The SMILES string of the molecule is CCC(C)c1cc(C(=O)O)cc2ccc(=O)n(CC(=O)NC)c12. The van der Waals surface area contributed by atoms with Crippen molar-refractivity contribution in [2.75, 3.05) is 7.05 Å². The monoisotopic (exact) mass is 316 g/mol. The molecule has 0 radical (unpaired) electrons. The van der Waals surface area contributed by atoms with Gasteiger partial charge in [0.05, 0.1) is 11.1 Å². The predicted octanol–water partition coefficient (Wildman–Crippen LogP) is 1.96. The molecular formula is C17H20N2O4. The lowest BCUT2D eigenvalue weighted by Crippen LogP contribution is -2.30. The Balaban J connectivity index is 2.85. The van der Waals surface area contributed by atoms with Crippen molar-refractivity contribution in [2.45, 2.75) is 32.7 Å². The number of carbonyl (C=O) groups excluding carboxylic acids is 1. The van der Waals surface area contributed by atoms with Crippen LogP contribution in [-0.2, 0) is 11.3 Å². The fourth-order valence-corrected chi connectivity index (χ4v) is 2.58. The van der Waals surface area contributed by atoms with Crippen molar-refractivity contribution in [3.8, 4) is 0 Å². The van der Waals surface area contributed by atoms with Gasteiger partial charge in [0.2, 0.25) is 5.91 Å². The first-order valence-corrected chi connectivity index (χ1v) is 7.50. The van der Waals surface area contributed by atoms with Crippen molar-refractivity contribution in [3.63, 3.8) is 0 Å². The molecule has 0 fully saturated rings. The molecule has 122 valence electrons. The Labute approximate surface area is 133 Å². The van der Waals surface area contributed by atoms with E-state index < -0.39 is 5.97 Å². The van der Waals surface area contributed by atoms with Crippen LogP contribution in [0, 0.1) is 0 Å². The van der Waals surface area contributed by atoms with Gasteiger partial charge in [-0.25, -0.2) is 4.79 Å². The maximum Gasteiger partial charge on any atom is 0.335 e. The molecule has 1 unspecified atom stereocenters. The van der Waals surface area contributed by atoms with Crippen LogP contribution >= 0.6 is 0 Å². The number of aromatic carboxylic acids is 1. The van der Waals surface area contributed by atoms with Gasteiger partial charge in [-0.05, 0) is 41.5 Å². The van der Waals surface area contributed by atoms with E-state index in [0.29, 0.717) is 10.9 Å². The summed E-state index contributed by atoms with van der Waals surface area (Å²) in [5.74, 6) is -1.23. The summed E-state index contributed by atoms with van der Waals surface area (Å²) in [4.78, 5) is 35.3. The molecule has 0 bridgehead atoms. The zero-order valence-corrected chi connectivity index (χ0v) is 13.4. The third-order valence-electron chi connectivity index (χ3n) is 4.08. The predicted molar refractivity (Wildman–Crippen MR) is 87.9 cm³/mol. The van der Waals surface area contributed by atoms with Gasteiger partial charge in [0.1, 0.15) is 6.54 Å². The van der Waals surface area contributed by atoms with Gasteiger partial charge < -0.3 is 10.4 Å². The number of hydrogen-bond acceptors (Lipinski definition) is 3. The summed E-state index contributed by atoms with van der Waals surface area (Å²) < 4.78 is 1.40. The van der Waals surface area contributed by atoms with Crippen LogP contribution in [0.25, 0.3) is 10.9 Å². The number of carbonyl (C=O) groups is 2. The van der Waals surface area contributed by atoms with Gasteiger partial charge in [-0.2, -0.15) is 0 Å². The molecule has 0 aliphatic rings. The van der Waals surface area contributed by atoms with Crippen LogP contribution in [0.4, 0.5) is 0 Å². The lowest BCUT2D eigenvalue weighted by molar-refractivity contribution is -0.121. The molecule has 2 aromatic rings. The number of fused-ring (bicyclic) bond motifs is 1. The maximum atomic E-state index is 12.2. The Morgan fingerprint density at radius 3 is 2.57 bits per heavy atom. The molecule has 1 atom stereocenters. The lowest BCUT2D eigenvalue weighted by Gasteiger charge is -2.18. The number of nitrogens with zero attached hydrogens (tertiary/aromatic N) is 1. The number of likely N-dealkylation sites (N-methyl/N-ethyl adjacent to an activating group) is 1. The Morgan fingerprint density at radius 1 is 1.30 bits per heavy atom. The Kier molecular flexibility index (Phi) is 4.83. The summed E-state index contributed by atoms with van der Waals surface area (Å²) >= 11 is 0. The Hall–Kier alpha value is -2.63. The van der Waals surface area contributed by atoms with Crippen molar-refractivity contribution >= 4 is 22.8 Å². The number of amides is 1. The maximum absolute atomic E-state index is 12.2. The number of hydrogen-bond donors (Lipinski definition) is 2. The molecular weight excluding hydrogens is 296 g/mol. The zero-order valence-electron chi connectivity index (χ0n) is 13.4. The van der Waals surface area contributed by atoms with E-state index in [0.717, 1.165) is 12.0 Å². The molecule has 0 aliphatic carbocycles. The Morgan fingerprint density at radius 2 is 2.00 bits per heavy atom. The van der Waals surface area contributed by atoms with E-state index >= 15 is 0 Å². The molecule has 1 heterocycles. The topological polar surface area (TPSA) is 88.4 Å². The summed E-state index contributed by atoms with van der Waals surface area (Å²) in [5, 5.41) is 12.4. The van der Waals surface area contributed by atoms with Crippen LogP contribution < -0.4 is 10.9 Å². The van der Waals surface area contributed by atoms with Gasteiger partial charge in [0, 0.05) is 13.1 Å². The van der Waals surface area contributed by atoms with Gasteiger partial charge in [0.15, 0.2) is 0 Å². The molecule has 6 nitrogen and oxygen atoms in total. The molecule has 0 aliphatic heterocycles. The fraction of sp³-hybridized carbons (Fsp3) is 0.353. The molecule has 6 heteroatoms. The highest BCUT2D eigenvalue weighted by molar-refractivity contribution is 5.95. The Bertz CT molecular complexity index is 823. The minimum Gasteiger partial charge on any atom is -0.478 e. The number of aromatic nitrogens is 1. The van der Waals surface area contributed by atoms with Crippen LogP contribution in [0.5, 0.6) is 0 Å². The molecule has 1 aromatic heterocycles. The van der Waals surface area contributed by atoms with Crippen molar-refractivity contribution in [3.05, 3.63) is 45.7 Å². The van der Waals surface area contributed by atoms with Gasteiger partial charge in [-0.15, -0.1) is 0 Å². The van der Waals surface area contributed by atoms with Crippen LogP contribution in [0.3, 0.4) is 0 Å². The first-order valence-electron chi connectivity index (χ1n) is 7.50. The second-order valence-corrected chi connectivity index (χ2v) is 5.55. The number of carboxylic acids is 1. The molecule has 2 N–H and O–H groups in total. The second-order valence-electron chi connectivity index (χ2n) is 5.55. The summed E-state index contributed by atoms with van der Waals surface area (Å²) in [6, 6.07) is 6.09. The van der Waals surface area contributed by atoms with Crippen LogP contribution in [-0.4, -0.2) is 28.6 Å². The average Bonchev–Trinajstić information content (AvgIpc) is 2.55. The van der Waals surface area contributed by atoms with Gasteiger partial charge in [-0.1, -0.05) is 13.8 Å². The third kappa shape index (κ3) is 3.26. The van der Waals surface area contributed by atoms with E-state index in [1.807, 2.05) is 13.8 Å². The molecule has 2 rings (SSSR count). The highest BCUT2D eigenvalue weighted by atomic mass is 16.4. The number of benzene rings is 1. The second kappa shape index (κ2) is 6.64. The average molecular weight is 316 g/mol. The van der Waals surface area contributed by atoms with Crippen molar-refractivity contribution < 1.29 is 14.7 Å². The van der Waals surface area contributed by atoms with Gasteiger partial charge in [0.25, 0.3) is 5.56 Å². The van der Waals surface area contributed by atoms with E-state index in [9.17, 15) is 19.5 Å². The number of carboxylic acid groups (broad SMARTS) is 1. The van der Waals surface area contributed by atoms with E-state index in [1.165, 1.54) is 23.7 Å². The molecule has 1 amide bonds. The van der Waals surface area contributed by atoms with Crippen LogP contribution in [0.2, 0.25) is 0 Å². The number of pyridine rings is 1. The van der Waals surface area contributed by atoms with E-state index in [4.69, 9.17) is 0 Å². The molecule has 0 saturated carbocycles. The molecule has 23 heavy (non-hydrogen) atoms. The molecule has 0 saturated heterocycles. The molecule has 1 aromatic carbocycles. The summed E-state index contributed by atoms with van der Waals surface area (Å²) in [6.45, 7) is 3.87. The van der Waals surface area contributed by atoms with E-state index in [-0.39, 0.29) is 29.5 Å². The normalized spacial score (nSPS) is 12.1. The number of rotatable bonds is 5. The largest absolute Gasteiger partial charge is 0.478 e. The summed E-state index contributed by atoms with van der Waals surface area (Å²) in [7, 11) is 1.51.